The number of aryl methyl sites for hydroxylation is 3. The van der Waals surface area contributed by atoms with E-state index in [2.05, 4.69) is 0 Å². The van der Waals surface area contributed by atoms with Gasteiger partial charge in [-0.15, -0.1) is 0 Å². The van der Waals surface area contributed by atoms with Crippen LogP contribution in [0.1, 0.15) is 16.7 Å². The summed E-state index contributed by atoms with van der Waals surface area (Å²) in [5.41, 5.74) is 18.1. The molecule has 0 spiro atoms. The molecule has 19 heteroatoms. The van der Waals surface area contributed by atoms with Crippen LogP contribution < -0.4 is 17.2 Å². The summed E-state index contributed by atoms with van der Waals surface area (Å²) in [6, 6.07) is 7.65. The number of hydrogen-bond donors (Lipinski definition) is 3. The molecule has 0 aliphatic carbocycles. The maximum atomic E-state index is 10.7. The molecular formula is C21H21Cl3N3NiO9S3. The van der Waals surface area contributed by atoms with Crippen LogP contribution in [0.15, 0.2) is 51.1 Å². The van der Waals surface area contributed by atoms with E-state index in [1.807, 2.05) is 0 Å². The number of benzene rings is 3. The van der Waals surface area contributed by atoms with Gasteiger partial charge in [0.25, 0.3) is 0 Å². The molecule has 0 aliphatic rings. The third-order valence-electron chi connectivity index (χ3n) is 4.54. The van der Waals surface area contributed by atoms with Crippen LogP contribution in [0.5, 0.6) is 0 Å². The number of nitrogen functional groups attached to an aromatic ring is 3. The number of anilines is 3. The van der Waals surface area contributed by atoms with Crippen molar-refractivity contribution in [3.8, 4) is 0 Å². The summed E-state index contributed by atoms with van der Waals surface area (Å²) in [5, 5.41) is -0.197. The molecule has 0 bridgehead atoms. The fourth-order valence-corrected chi connectivity index (χ4v) is 6.00. The van der Waals surface area contributed by atoms with Crippen molar-refractivity contribution in [1.82, 2.24) is 0 Å². The second-order valence-corrected chi connectivity index (χ2v) is 13.0. The first kappa shape index (κ1) is 38.2. The maximum absolute atomic E-state index is 10.7. The van der Waals surface area contributed by atoms with Crippen LogP contribution in [-0.4, -0.2) is 38.9 Å². The number of hydrogen-bond acceptors (Lipinski definition) is 12. The van der Waals surface area contributed by atoms with Gasteiger partial charge in [0.05, 0.1) is 29.8 Å². The maximum Gasteiger partial charge on any atom is 3.00 e. The van der Waals surface area contributed by atoms with Crippen LogP contribution in [0.2, 0.25) is 15.1 Å². The number of halogens is 3. The molecule has 0 heterocycles. The Labute approximate surface area is 257 Å². The second kappa shape index (κ2) is 14.4. The van der Waals surface area contributed by atoms with Crippen molar-refractivity contribution < 1.29 is 55.4 Å². The van der Waals surface area contributed by atoms with E-state index in [9.17, 15) is 38.9 Å². The van der Waals surface area contributed by atoms with Gasteiger partial charge in [-0.2, -0.15) is 0 Å². The van der Waals surface area contributed by atoms with E-state index in [1.165, 1.54) is 18.2 Å². The first-order valence-electron chi connectivity index (χ1n) is 10.0. The Kier molecular flexibility index (Phi) is 13.7. The number of nitrogens with two attached hydrogens (primary N) is 3. The van der Waals surface area contributed by atoms with E-state index in [4.69, 9.17) is 52.0 Å². The van der Waals surface area contributed by atoms with Crippen LogP contribution in [-0.2, 0) is 46.8 Å². The van der Waals surface area contributed by atoms with Gasteiger partial charge in [-0.05, 0) is 73.9 Å². The summed E-state index contributed by atoms with van der Waals surface area (Å²) in [7, 11) is -13.6. The molecule has 0 fully saturated rings. The van der Waals surface area contributed by atoms with Gasteiger partial charge in [-0.3, -0.25) is 0 Å². The Morgan fingerprint density at radius 1 is 0.500 bits per heavy atom. The van der Waals surface area contributed by atoms with Crippen molar-refractivity contribution in [3.63, 3.8) is 0 Å². The third-order valence-corrected chi connectivity index (χ3v) is 8.96. The topological polar surface area (TPSA) is 250 Å². The number of rotatable bonds is 3. The Balaban J connectivity index is 0.000000563. The van der Waals surface area contributed by atoms with Crippen molar-refractivity contribution in [2.75, 3.05) is 17.2 Å². The summed E-state index contributed by atoms with van der Waals surface area (Å²) in [5.74, 6) is 0. The van der Waals surface area contributed by atoms with Crippen molar-refractivity contribution in [3.05, 3.63) is 68.2 Å². The van der Waals surface area contributed by atoms with Crippen molar-refractivity contribution in [2.24, 2.45) is 0 Å². The second-order valence-electron chi connectivity index (χ2n) is 7.81. The Bertz CT molecular complexity index is 1530. The third kappa shape index (κ3) is 10.9. The summed E-state index contributed by atoms with van der Waals surface area (Å²) >= 11 is 16.8. The summed E-state index contributed by atoms with van der Waals surface area (Å²) in [4.78, 5) is -1.40. The molecular weight excluding hydrogens is 699 g/mol. The van der Waals surface area contributed by atoms with E-state index in [1.54, 1.807) is 20.8 Å². The predicted molar refractivity (Wildman–Crippen MR) is 146 cm³/mol. The van der Waals surface area contributed by atoms with Crippen LogP contribution >= 0.6 is 34.8 Å². The average Bonchev–Trinajstić information content (AvgIpc) is 2.74. The Hall–Kier alpha value is -1.85. The minimum Gasteiger partial charge on any atom is -0.744 e. The zero-order valence-corrected chi connectivity index (χ0v) is 26.3. The molecule has 0 saturated carbocycles. The van der Waals surface area contributed by atoms with Gasteiger partial charge < -0.3 is 30.9 Å². The summed E-state index contributed by atoms with van der Waals surface area (Å²) in [6.45, 7) is 4.73. The van der Waals surface area contributed by atoms with Crippen molar-refractivity contribution in [1.29, 1.82) is 0 Å². The Morgan fingerprint density at radius 2 is 0.675 bits per heavy atom. The molecule has 0 amide bonds. The van der Waals surface area contributed by atoms with Gasteiger partial charge in [0.2, 0.25) is 0 Å². The fourth-order valence-electron chi connectivity index (χ4n) is 2.84. The largest absolute Gasteiger partial charge is 3.00 e. The molecule has 0 aromatic heterocycles. The van der Waals surface area contributed by atoms with Crippen LogP contribution in [0.4, 0.5) is 17.1 Å². The minimum absolute atomic E-state index is 0. The standard InChI is InChI=1S/3C7H8ClNO3S.Ni/c3*1-4-2-5(9)3-6(7(4)8)13(10,11)12;/h3*2-3H,9H2,1H3,(H,10,11,12);/q;;;+3/p-3. The first-order valence-corrected chi connectivity index (χ1v) is 15.4. The summed E-state index contributed by atoms with van der Waals surface area (Å²) in [6.07, 6.45) is 0. The van der Waals surface area contributed by atoms with Crippen LogP contribution in [0, 0.1) is 20.8 Å². The van der Waals surface area contributed by atoms with Gasteiger partial charge in [-0.25, -0.2) is 25.3 Å². The van der Waals surface area contributed by atoms with E-state index in [0.29, 0.717) is 16.7 Å². The molecule has 0 saturated heterocycles. The van der Waals surface area contributed by atoms with Gasteiger partial charge in [0, 0.05) is 17.1 Å². The molecule has 223 valence electrons. The van der Waals surface area contributed by atoms with E-state index >= 15 is 0 Å². The monoisotopic (exact) mass is 718 g/mol. The smallest absolute Gasteiger partial charge is 0.744 e. The first-order chi connectivity index (χ1) is 17.5. The molecule has 40 heavy (non-hydrogen) atoms. The zero-order chi connectivity index (χ0) is 30.7. The van der Waals surface area contributed by atoms with Gasteiger partial charge in [0.15, 0.2) is 0 Å². The van der Waals surface area contributed by atoms with E-state index < -0.39 is 45.0 Å². The van der Waals surface area contributed by atoms with E-state index in [-0.39, 0.29) is 48.6 Å². The molecule has 0 unspecified atom stereocenters. The molecule has 0 atom stereocenters. The molecule has 12 nitrogen and oxygen atoms in total. The molecule has 3 rings (SSSR count). The van der Waals surface area contributed by atoms with Gasteiger partial charge in [-0.1, -0.05) is 34.8 Å². The van der Waals surface area contributed by atoms with Gasteiger partial charge in [0.1, 0.15) is 30.4 Å². The van der Waals surface area contributed by atoms with Crippen LogP contribution in [0.3, 0.4) is 0 Å². The SMILES string of the molecule is Cc1cc(N)cc(S(=O)(=O)[O-])c1Cl.Cc1cc(N)cc(S(=O)(=O)[O-])c1Cl.Cc1cc(N)cc(S(=O)(=O)[O-])c1Cl.[Ni+3]. The molecule has 0 aliphatic heterocycles. The Morgan fingerprint density at radius 3 is 0.825 bits per heavy atom. The molecule has 3 aromatic rings. The molecule has 3 aromatic carbocycles. The normalized spacial score (nSPS) is 11.3. The van der Waals surface area contributed by atoms with Crippen molar-refractivity contribution >= 4 is 82.2 Å². The zero-order valence-electron chi connectivity index (χ0n) is 20.5. The summed E-state index contributed by atoms with van der Waals surface area (Å²) < 4.78 is 96.0. The minimum atomic E-state index is -4.54. The quantitative estimate of drug-likeness (QED) is 0.200. The predicted octanol–water partition coefficient (Wildman–Crippen LogP) is 3.40. The van der Waals surface area contributed by atoms with Crippen LogP contribution in [0.25, 0.3) is 0 Å². The average molecular weight is 721 g/mol. The van der Waals surface area contributed by atoms with E-state index in [0.717, 1.165) is 18.2 Å². The molecule has 6 N–H and O–H groups in total. The van der Waals surface area contributed by atoms with Crippen molar-refractivity contribution in [2.45, 2.75) is 35.5 Å². The fraction of sp³-hybridized carbons (Fsp3) is 0.143. The van der Waals surface area contributed by atoms with Gasteiger partial charge >= 0.3 is 16.5 Å². The molecule has 1 radical (unpaired) electrons.